The molecule has 10 nitrogen and oxygen atoms in total. The van der Waals surface area contributed by atoms with Gasteiger partial charge in [-0.25, -0.2) is 4.98 Å². The number of imide groups is 1. The Morgan fingerprint density at radius 2 is 1.64 bits per heavy atom. The van der Waals surface area contributed by atoms with E-state index in [0.717, 1.165) is 21.6 Å². The first-order valence-electron chi connectivity index (χ1n) is 14.0. The highest BCUT2D eigenvalue weighted by Gasteiger charge is 2.39. The Kier molecular flexibility index (Phi) is 8.38. The minimum Gasteiger partial charge on any atom is -0.497 e. The zero-order valence-corrected chi connectivity index (χ0v) is 26.2. The van der Waals surface area contributed by atoms with Crippen LogP contribution < -0.4 is 9.47 Å². The lowest BCUT2D eigenvalue weighted by molar-refractivity contribution is -0.108. The number of aromatic nitrogens is 1. The van der Waals surface area contributed by atoms with Gasteiger partial charge >= 0.3 is 0 Å². The summed E-state index contributed by atoms with van der Waals surface area (Å²) in [5.41, 5.74) is 3.03. The van der Waals surface area contributed by atoms with E-state index >= 15 is 0 Å². The maximum absolute atomic E-state index is 14.4. The third-order valence-electron chi connectivity index (χ3n) is 7.51. The summed E-state index contributed by atoms with van der Waals surface area (Å²) in [5, 5.41) is 1.57. The number of ether oxygens (including phenoxy) is 2. The number of pyridine rings is 1. The van der Waals surface area contributed by atoms with Gasteiger partial charge in [0.1, 0.15) is 35.4 Å². The van der Waals surface area contributed by atoms with Crippen LogP contribution in [0.1, 0.15) is 54.1 Å². The van der Waals surface area contributed by atoms with Crippen molar-refractivity contribution in [2.45, 2.75) is 19.5 Å². The minimum absolute atomic E-state index is 0.106. The predicted octanol–water partition coefficient (Wildman–Crippen LogP) is 6.53. The molecule has 5 aromatic rings. The molecule has 3 heterocycles. The van der Waals surface area contributed by atoms with Crippen molar-refractivity contribution in [3.63, 3.8) is 0 Å². The Morgan fingerprint density at radius 1 is 0.933 bits per heavy atom. The van der Waals surface area contributed by atoms with Gasteiger partial charge < -0.3 is 18.8 Å². The monoisotopic (exact) mass is 669 g/mol. The summed E-state index contributed by atoms with van der Waals surface area (Å²) in [7, 11) is 3.04. The number of carbonyl (C=O) groups is 3. The smallest absolute Gasteiger partial charge is 0.285 e. The maximum Gasteiger partial charge on any atom is 0.285 e. The second-order valence-electron chi connectivity index (χ2n) is 10.4. The van der Waals surface area contributed by atoms with Crippen molar-refractivity contribution < 1.29 is 33.1 Å². The average Bonchev–Trinajstić information content (AvgIpc) is 3.58. The third-order valence-corrected chi connectivity index (χ3v) is 8.12. The molecule has 228 valence electrons. The molecule has 0 N–H and O–H groups in total. The van der Waals surface area contributed by atoms with Gasteiger partial charge in [-0.1, -0.05) is 35.9 Å². The highest BCUT2D eigenvalue weighted by Crippen LogP contribution is 2.33. The fourth-order valence-corrected chi connectivity index (χ4v) is 5.57. The zero-order chi connectivity index (χ0) is 31.7. The zero-order valence-electron chi connectivity index (χ0n) is 24.7. The highest BCUT2D eigenvalue weighted by atomic mass is 79.9. The Bertz CT molecular complexity index is 1890. The van der Waals surface area contributed by atoms with Crippen LogP contribution >= 0.6 is 15.9 Å². The van der Waals surface area contributed by atoms with Gasteiger partial charge in [0.25, 0.3) is 17.7 Å². The van der Waals surface area contributed by atoms with Crippen LogP contribution in [0.5, 0.6) is 11.6 Å². The first kappa shape index (κ1) is 30.0. The molecular weight excluding hydrogens is 642 g/mol. The molecule has 1 aliphatic rings. The van der Waals surface area contributed by atoms with E-state index in [1.54, 1.807) is 60.5 Å². The number of methoxy groups -OCH3 is 2. The molecule has 0 fully saturated rings. The van der Waals surface area contributed by atoms with Gasteiger partial charge in [-0.2, -0.15) is 0 Å². The van der Waals surface area contributed by atoms with Crippen molar-refractivity contribution in [2.75, 3.05) is 20.8 Å². The molecule has 1 aliphatic heterocycles. The van der Waals surface area contributed by atoms with E-state index in [1.807, 2.05) is 43.3 Å². The van der Waals surface area contributed by atoms with Crippen LogP contribution in [0.3, 0.4) is 0 Å². The molecule has 45 heavy (non-hydrogen) atoms. The Labute approximate surface area is 267 Å². The third kappa shape index (κ3) is 5.92. The van der Waals surface area contributed by atoms with E-state index in [1.165, 1.54) is 7.11 Å². The number of halogens is 1. The number of hydrogen-bond donors (Lipinski definition) is 0. The maximum atomic E-state index is 14.4. The molecule has 0 bridgehead atoms. The fourth-order valence-electron chi connectivity index (χ4n) is 5.19. The van der Waals surface area contributed by atoms with Crippen LogP contribution in [-0.2, 0) is 11.4 Å². The summed E-state index contributed by atoms with van der Waals surface area (Å²) >= 11 is 3.39. The molecule has 0 radical (unpaired) electrons. The first-order valence-corrected chi connectivity index (χ1v) is 14.8. The number of nitrogens with zero attached hydrogens (tertiary/aromatic N) is 3. The Hall–Kier alpha value is -5.00. The number of hydrogen-bond acceptors (Lipinski definition) is 8. The highest BCUT2D eigenvalue weighted by molar-refractivity contribution is 9.10. The van der Waals surface area contributed by atoms with E-state index in [-0.39, 0.29) is 35.9 Å². The molecule has 0 saturated heterocycles. The van der Waals surface area contributed by atoms with Crippen LogP contribution in [0.4, 0.5) is 0 Å². The lowest BCUT2D eigenvalue weighted by atomic mass is 10.1. The molecule has 2 aromatic heterocycles. The van der Waals surface area contributed by atoms with Gasteiger partial charge in [0.15, 0.2) is 0 Å². The summed E-state index contributed by atoms with van der Waals surface area (Å²) in [5.74, 6) is -0.316. The number of hydroxylamine groups is 2. The summed E-state index contributed by atoms with van der Waals surface area (Å²) in [4.78, 5) is 52.6. The average molecular weight is 671 g/mol. The molecule has 6 rings (SSSR count). The van der Waals surface area contributed by atoms with Gasteiger partial charge in [0.2, 0.25) is 5.88 Å². The molecular formula is C34H28BrN3O7. The molecule has 3 amide bonds. The summed E-state index contributed by atoms with van der Waals surface area (Å²) in [6.45, 7) is 1.80. The quantitative estimate of drug-likeness (QED) is 0.154. The van der Waals surface area contributed by atoms with Crippen molar-refractivity contribution in [1.82, 2.24) is 14.9 Å². The molecule has 1 atom stereocenters. The van der Waals surface area contributed by atoms with Crippen molar-refractivity contribution in [3.8, 4) is 11.6 Å². The van der Waals surface area contributed by atoms with Gasteiger partial charge in [0, 0.05) is 11.9 Å². The molecule has 11 heteroatoms. The second kappa shape index (κ2) is 12.5. The van der Waals surface area contributed by atoms with E-state index in [4.69, 9.17) is 18.7 Å². The number of amides is 3. The summed E-state index contributed by atoms with van der Waals surface area (Å²) in [6, 6.07) is 23.8. The lowest BCUT2D eigenvalue weighted by Crippen LogP contribution is -2.40. The topological polar surface area (TPSA) is 111 Å². The summed E-state index contributed by atoms with van der Waals surface area (Å²) in [6.07, 6.45) is 0. The van der Waals surface area contributed by atoms with Gasteiger partial charge in [-0.15, -0.1) is 5.06 Å². The van der Waals surface area contributed by atoms with Crippen molar-refractivity contribution in [3.05, 3.63) is 123 Å². The van der Waals surface area contributed by atoms with Crippen molar-refractivity contribution in [1.29, 1.82) is 0 Å². The number of carbonyl (C=O) groups excluding carboxylic acids is 3. The van der Waals surface area contributed by atoms with Gasteiger partial charge in [-0.05, 0) is 83.0 Å². The second-order valence-corrected chi connectivity index (χ2v) is 11.3. The minimum atomic E-state index is -0.895. The van der Waals surface area contributed by atoms with Crippen LogP contribution in [0.15, 0.2) is 93.8 Å². The largest absolute Gasteiger partial charge is 0.497 e. The number of furan rings is 1. The van der Waals surface area contributed by atoms with E-state index in [0.29, 0.717) is 21.6 Å². The molecule has 1 unspecified atom stereocenters. The normalized spacial score (nSPS) is 13.2. The SMILES string of the molecule is COc1ccc(CN(C(=O)c2ccc(Br)c(OC)n2)C(CON2C(=O)c3ccccc3C2=O)c2cc3cc(C)ccc3o2)cc1. The van der Waals surface area contributed by atoms with Crippen LogP contribution in [0.2, 0.25) is 0 Å². The number of fused-ring (bicyclic) bond motifs is 2. The Balaban J connectivity index is 1.43. The number of aryl methyl sites for hydroxylation is 1. The van der Waals surface area contributed by atoms with E-state index in [2.05, 4.69) is 20.9 Å². The number of rotatable bonds is 10. The van der Waals surface area contributed by atoms with Crippen LogP contribution in [0, 0.1) is 6.92 Å². The van der Waals surface area contributed by atoms with Crippen LogP contribution in [0.25, 0.3) is 11.0 Å². The fraction of sp³-hybridized carbons (Fsp3) is 0.176. The van der Waals surface area contributed by atoms with Crippen LogP contribution in [-0.4, -0.2) is 53.5 Å². The van der Waals surface area contributed by atoms with Gasteiger partial charge in [0.05, 0.1) is 29.8 Å². The molecule has 0 aliphatic carbocycles. The summed E-state index contributed by atoms with van der Waals surface area (Å²) < 4.78 is 17.5. The Morgan fingerprint density at radius 3 is 2.31 bits per heavy atom. The van der Waals surface area contributed by atoms with Crippen molar-refractivity contribution in [2.24, 2.45) is 0 Å². The standard InChI is InChI=1S/C34H28BrN3O7/c1-20-8-15-29-22(16-20)17-30(45-29)28(19-44-38-32(39)24-6-4-5-7-25(24)33(38)40)37(18-21-9-11-23(42-2)12-10-21)34(41)27-14-13-26(35)31(36-27)43-3/h4-17,28H,18-19H2,1-3H3. The van der Waals surface area contributed by atoms with E-state index < -0.39 is 23.8 Å². The van der Waals surface area contributed by atoms with Gasteiger partial charge in [-0.3, -0.25) is 19.2 Å². The predicted molar refractivity (Wildman–Crippen MR) is 168 cm³/mol. The van der Waals surface area contributed by atoms with Crippen molar-refractivity contribution >= 4 is 44.6 Å². The first-order chi connectivity index (χ1) is 21.8. The molecule has 0 spiro atoms. The lowest BCUT2D eigenvalue weighted by Gasteiger charge is -2.31. The molecule has 0 saturated carbocycles. The van der Waals surface area contributed by atoms with E-state index in [9.17, 15) is 14.4 Å². The molecule has 3 aromatic carbocycles. The number of benzene rings is 3.